The van der Waals surface area contributed by atoms with E-state index in [1.165, 1.54) is 29.3 Å². The Balaban J connectivity index is 1.77. The van der Waals surface area contributed by atoms with Gasteiger partial charge >= 0.3 is 12.0 Å². The van der Waals surface area contributed by atoms with Crippen LogP contribution in [0.5, 0.6) is 0 Å². The molecule has 1 aliphatic heterocycles. The highest BCUT2D eigenvalue weighted by Gasteiger charge is 2.31. The van der Waals surface area contributed by atoms with Gasteiger partial charge in [-0.1, -0.05) is 12.1 Å². The van der Waals surface area contributed by atoms with Gasteiger partial charge in [-0.25, -0.2) is 27.7 Å². The lowest BCUT2D eigenvalue weighted by Crippen LogP contribution is -2.47. The summed E-state index contributed by atoms with van der Waals surface area (Å²) >= 11 is 0. The molecule has 1 aliphatic carbocycles. The molecule has 0 aromatic heterocycles. The van der Waals surface area contributed by atoms with Gasteiger partial charge in [-0.3, -0.25) is 5.43 Å². The lowest BCUT2D eigenvalue weighted by atomic mass is 9.98. The third-order valence-electron chi connectivity index (χ3n) is 4.25. The molecule has 0 atom stereocenters. The van der Waals surface area contributed by atoms with Gasteiger partial charge < -0.3 is 4.74 Å². The first-order chi connectivity index (χ1) is 11.9. The molecular weight excluding hydrogens is 346 g/mol. The van der Waals surface area contributed by atoms with E-state index in [0.717, 1.165) is 44.1 Å². The van der Waals surface area contributed by atoms with E-state index in [1.807, 2.05) is 4.72 Å². The second kappa shape index (κ2) is 6.75. The number of methoxy groups -OCH3 is 1. The van der Waals surface area contributed by atoms with Gasteiger partial charge in [-0.05, 0) is 43.4 Å². The van der Waals surface area contributed by atoms with Crippen LogP contribution >= 0.6 is 0 Å². The molecule has 3 rings (SSSR count). The summed E-state index contributed by atoms with van der Waals surface area (Å²) in [6.07, 6.45) is 3.88. The van der Waals surface area contributed by atoms with Crippen LogP contribution in [-0.4, -0.2) is 39.1 Å². The molecule has 0 unspecified atom stereocenters. The van der Waals surface area contributed by atoms with Gasteiger partial charge in [0.05, 0.1) is 19.2 Å². The average Bonchev–Trinajstić information content (AvgIpc) is 3.05. The maximum atomic E-state index is 12.5. The summed E-state index contributed by atoms with van der Waals surface area (Å²) in [4.78, 5) is 23.8. The Labute approximate surface area is 145 Å². The van der Waals surface area contributed by atoms with Gasteiger partial charge in [-0.2, -0.15) is 0 Å². The van der Waals surface area contributed by atoms with Gasteiger partial charge in [-0.15, -0.1) is 0 Å². The molecule has 134 valence electrons. The highest BCUT2D eigenvalue weighted by atomic mass is 32.2. The Hall–Kier alpha value is -2.55. The highest BCUT2D eigenvalue weighted by molar-refractivity contribution is 7.90. The van der Waals surface area contributed by atoms with Crippen molar-refractivity contribution in [1.82, 2.24) is 15.2 Å². The van der Waals surface area contributed by atoms with Crippen molar-refractivity contribution in [2.24, 2.45) is 0 Å². The minimum absolute atomic E-state index is 0.128. The van der Waals surface area contributed by atoms with E-state index in [2.05, 4.69) is 10.2 Å². The van der Waals surface area contributed by atoms with Crippen LogP contribution in [0.2, 0.25) is 0 Å². The summed E-state index contributed by atoms with van der Waals surface area (Å²) in [6, 6.07) is 4.79. The van der Waals surface area contributed by atoms with Crippen molar-refractivity contribution in [3.05, 3.63) is 41.1 Å². The number of nitrogens with one attached hydrogen (secondary N) is 2. The number of hydrogen-bond donors (Lipinski definition) is 2. The van der Waals surface area contributed by atoms with Gasteiger partial charge in [0.1, 0.15) is 4.90 Å². The predicted octanol–water partition coefficient (Wildman–Crippen LogP) is 1.52. The number of ether oxygens (including phenoxy) is 1. The van der Waals surface area contributed by atoms with Crippen LogP contribution in [0, 0.1) is 0 Å². The molecule has 1 heterocycles. The fourth-order valence-corrected chi connectivity index (χ4v) is 4.15. The van der Waals surface area contributed by atoms with E-state index in [4.69, 9.17) is 0 Å². The van der Waals surface area contributed by atoms with E-state index in [1.54, 1.807) is 0 Å². The van der Waals surface area contributed by atoms with Crippen molar-refractivity contribution in [3.63, 3.8) is 0 Å². The van der Waals surface area contributed by atoms with Crippen molar-refractivity contribution in [2.75, 3.05) is 13.7 Å². The highest BCUT2D eigenvalue weighted by Crippen LogP contribution is 2.27. The summed E-state index contributed by atoms with van der Waals surface area (Å²) in [5.74, 6) is -0.787. The maximum absolute atomic E-state index is 12.5. The number of nitrogens with zero attached hydrogens (tertiary/aromatic N) is 1. The molecule has 9 heteroatoms. The molecule has 2 aliphatic rings. The van der Waals surface area contributed by atoms with Gasteiger partial charge in [0.25, 0.3) is 10.0 Å². The molecule has 0 bridgehead atoms. The molecule has 1 aromatic carbocycles. The third kappa shape index (κ3) is 3.46. The molecule has 0 fully saturated rings. The van der Waals surface area contributed by atoms with Crippen molar-refractivity contribution >= 4 is 22.0 Å². The largest absolute Gasteiger partial charge is 0.465 e. The lowest BCUT2D eigenvalue weighted by Gasteiger charge is -2.19. The second-order valence-electron chi connectivity index (χ2n) is 5.89. The number of rotatable bonds is 3. The van der Waals surface area contributed by atoms with Crippen LogP contribution in [-0.2, 0) is 14.8 Å². The first kappa shape index (κ1) is 17.3. The Kier molecular flexibility index (Phi) is 4.67. The van der Waals surface area contributed by atoms with Crippen LogP contribution in [0.25, 0.3) is 0 Å². The number of hydrogen-bond acceptors (Lipinski definition) is 6. The quantitative estimate of drug-likeness (QED) is 0.787. The fraction of sp³-hybridized carbons (Fsp3) is 0.375. The van der Waals surface area contributed by atoms with Crippen LogP contribution in [0.4, 0.5) is 4.79 Å². The SMILES string of the molecule is COC(=O)c1ccccc1S(=O)(=O)NC(=O)N1CC2=C(CCCC2)N1. The van der Waals surface area contributed by atoms with Gasteiger partial charge in [0, 0.05) is 5.70 Å². The number of urea groups is 1. The van der Waals surface area contributed by atoms with Crippen molar-refractivity contribution in [1.29, 1.82) is 0 Å². The minimum atomic E-state index is -4.22. The van der Waals surface area contributed by atoms with Crippen LogP contribution in [0.15, 0.2) is 40.4 Å². The molecule has 2 amide bonds. The first-order valence-electron chi connectivity index (χ1n) is 7.91. The first-order valence-corrected chi connectivity index (χ1v) is 9.40. The number of carbonyl (C=O) groups is 2. The third-order valence-corrected chi connectivity index (χ3v) is 5.63. The van der Waals surface area contributed by atoms with E-state index in [-0.39, 0.29) is 10.5 Å². The molecule has 0 saturated carbocycles. The number of carbonyl (C=O) groups excluding carboxylic acids is 2. The van der Waals surface area contributed by atoms with E-state index in [9.17, 15) is 18.0 Å². The number of esters is 1. The van der Waals surface area contributed by atoms with Crippen molar-refractivity contribution in [3.8, 4) is 0 Å². The maximum Gasteiger partial charge on any atom is 0.350 e. The smallest absolute Gasteiger partial charge is 0.350 e. The number of amides is 2. The predicted molar refractivity (Wildman–Crippen MR) is 88.8 cm³/mol. The number of sulfonamides is 1. The van der Waals surface area contributed by atoms with Crippen LogP contribution < -0.4 is 10.1 Å². The number of allylic oxidation sites excluding steroid dienone is 1. The molecule has 2 N–H and O–H groups in total. The topological polar surface area (TPSA) is 105 Å². The van der Waals surface area contributed by atoms with Gasteiger partial charge in [0.15, 0.2) is 0 Å². The monoisotopic (exact) mass is 365 g/mol. The average molecular weight is 365 g/mol. The minimum Gasteiger partial charge on any atom is -0.465 e. The Morgan fingerprint density at radius 2 is 1.92 bits per heavy atom. The normalized spacial score (nSPS) is 16.9. The molecule has 8 nitrogen and oxygen atoms in total. The van der Waals surface area contributed by atoms with Gasteiger partial charge in [0.2, 0.25) is 0 Å². The van der Waals surface area contributed by atoms with Crippen LogP contribution in [0.3, 0.4) is 0 Å². The standard InChI is InChI=1S/C16H19N3O5S/c1-24-15(20)12-7-3-5-9-14(12)25(22,23)18-16(21)19-10-11-6-2-4-8-13(11)17-19/h3,5,7,9,17H,2,4,6,8,10H2,1H3,(H,18,21). The zero-order chi connectivity index (χ0) is 18.0. The molecule has 0 radical (unpaired) electrons. The summed E-state index contributed by atoms with van der Waals surface area (Å²) in [5.41, 5.74) is 4.96. The fourth-order valence-electron chi connectivity index (χ4n) is 3.00. The lowest BCUT2D eigenvalue weighted by molar-refractivity contribution is 0.0596. The Morgan fingerprint density at radius 1 is 1.20 bits per heavy atom. The van der Waals surface area contributed by atoms with E-state index >= 15 is 0 Å². The number of benzene rings is 1. The molecule has 0 saturated heterocycles. The van der Waals surface area contributed by atoms with Crippen LogP contribution in [0.1, 0.15) is 36.0 Å². The summed E-state index contributed by atoms with van der Waals surface area (Å²) in [7, 11) is -3.05. The zero-order valence-electron chi connectivity index (χ0n) is 13.7. The Bertz CT molecular complexity index is 829. The molecule has 1 aromatic rings. The Morgan fingerprint density at radius 3 is 2.64 bits per heavy atom. The molecule has 0 spiro atoms. The molecular formula is C16H19N3O5S. The summed E-state index contributed by atoms with van der Waals surface area (Å²) < 4.78 is 31.7. The summed E-state index contributed by atoms with van der Waals surface area (Å²) in [5, 5.41) is 1.24. The van der Waals surface area contributed by atoms with Crippen molar-refractivity contribution in [2.45, 2.75) is 30.6 Å². The zero-order valence-corrected chi connectivity index (χ0v) is 14.6. The van der Waals surface area contributed by atoms with E-state index < -0.39 is 22.0 Å². The van der Waals surface area contributed by atoms with Crippen molar-refractivity contribution < 1.29 is 22.7 Å². The molecule has 25 heavy (non-hydrogen) atoms. The van der Waals surface area contributed by atoms with E-state index in [0.29, 0.717) is 6.54 Å². The second-order valence-corrected chi connectivity index (χ2v) is 7.54. The summed E-state index contributed by atoms with van der Waals surface area (Å²) in [6.45, 7) is 0.356. The number of hydrazine groups is 1.